The van der Waals surface area contributed by atoms with Crippen LogP contribution in [-0.2, 0) is 10.0 Å². The summed E-state index contributed by atoms with van der Waals surface area (Å²) in [5.41, 5.74) is 1.83. The number of piperidine rings is 1. The first kappa shape index (κ1) is 33.9. The number of nitrogens with one attached hydrogen (secondary N) is 2. The van der Waals surface area contributed by atoms with Crippen LogP contribution in [0.4, 0.5) is 16.4 Å². The summed E-state index contributed by atoms with van der Waals surface area (Å²) in [6, 6.07) is 14.2. The first-order chi connectivity index (χ1) is 22.0. The van der Waals surface area contributed by atoms with E-state index in [-0.39, 0.29) is 23.3 Å². The van der Waals surface area contributed by atoms with Crippen LogP contribution in [0, 0.1) is 17.8 Å². The molecule has 1 amide bonds. The van der Waals surface area contributed by atoms with Crippen LogP contribution in [0.15, 0.2) is 60.9 Å². The first-order valence-corrected chi connectivity index (χ1v) is 17.4. The normalized spacial score (nSPS) is 17.4. The number of rotatable bonds is 8. The van der Waals surface area contributed by atoms with Gasteiger partial charge in [-0.15, -0.1) is 0 Å². The Morgan fingerprint density at radius 3 is 2.47 bits per heavy atom. The Bertz CT molecular complexity index is 1880. The number of aryl methyl sites for hydroxylation is 1. The Labute approximate surface area is 276 Å². The van der Waals surface area contributed by atoms with Crippen molar-refractivity contribution in [3.8, 4) is 22.9 Å². The van der Waals surface area contributed by atoms with Crippen molar-refractivity contribution in [3.63, 3.8) is 0 Å². The number of sulfonamides is 1. The molecule has 0 radical (unpaired) electrons. The van der Waals surface area contributed by atoms with Gasteiger partial charge >= 0.3 is 6.09 Å². The van der Waals surface area contributed by atoms with Crippen LogP contribution in [0.3, 0.4) is 0 Å². The number of fused-ring (bicyclic) bond motifs is 1. The van der Waals surface area contributed by atoms with Crippen molar-refractivity contribution >= 4 is 38.5 Å². The highest BCUT2D eigenvalue weighted by Crippen LogP contribution is 2.39. The molecule has 0 spiro atoms. The van der Waals surface area contributed by atoms with Crippen molar-refractivity contribution in [1.29, 1.82) is 0 Å². The van der Waals surface area contributed by atoms with E-state index < -0.39 is 21.5 Å². The minimum Gasteiger partial charge on any atom is -0.465 e. The van der Waals surface area contributed by atoms with Gasteiger partial charge in [-0.3, -0.25) is 4.72 Å². The number of carboxylic acid groups (broad SMARTS) is 1. The molecule has 0 bridgehead atoms. The monoisotopic (exact) mass is 660 g/mol. The summed E-state index contributed by atoms with van der Waals surface area (Å²) in [5.74, 6) is 1.25. The molecule has 1 aliphatic heterocycles. The molecule has 1 aliphatic rings. The second-order valence-corrected chi connectivity index (χ2v) is 16.2. The Morgan fingerprint density at radius 1 is 1.00 bits per heavy atom. The van der Waals surface area contributed by atoms with E-state index in [1.807, 2.05) is 72.7 Å². The highest BCUT2D eigenvalue weighted by molar-refractivity contribution is 7.92. The summed E-state index contributed by atoms with van der Waals surface area (Å²) in [6.07, 6.45) is 3.89. The summed E-state index contributed by atoms with van der Waals surface area (Å²) in [5, 5.41) is 14.8. The van der Waals surface area contributed by atoms with Gasteiger partial charge in [0.05, 0.1) is 34.8 Å². The molecular weight excluding hydrogens is 616 g/mol. The first-order valence-electron chi connectivity index (χ1n) is 15.8. The zero-order valence-corrected chi connectivity index (χ0v) is 28.9. The Hall–Kier alpha value is -4.45. The van der Waals surface area contributed by atoms with Gasteiger partial charge in [0.15, 0.2) is 0 Å². The van der Waals surface area contributed by atoms with Crippen LogP contribution >= 0.6 is 0 Å². The fourth-order valence-corrected chi connectivity index (χ4v) is 8.10. The number of aromatic nitrogens is 3. The maximum Gasteiger partial charge on any atom is 0.407 e. The van der Waals surface area contributed by atoms with E-state index in [4.69, 9.17) is 9.72 Å². The van der Waals surface area contributed by atoms with Gasteiger partial charge in [-0.1, -0.05) is 65.8 Å². The van der Waals surface area contributed by atoms with Gasteiger partial charge < -0.3 is 20.1 Å². The van der Waals surface area contributed by atoms with Crippen molar-refractivity contribution in [2.75, 3.05) is 22.3 Å². The molecule has 3 heterocycles. The molecule has 5 rings (SSSR count). The van der Waals surface area contributed by atoms with Crippen molar-refractivity contribution in [3.05, 3.63) is 66.5 Å². The average Bonchev–Trinajstić information content (AvgIpc) is 2.97. The predicted octanol–water partition coefficient (Wildman–Crippen LogP) is 7.55. The molecule has 250 valence electrons. The van der Waals surface area contributed by atoms with E-state index in [1.165, 1.54) is 4.90 Å². The third-order valence-electron chi connectivity index (χ3n) is 8.08. The van der Waals surface area contributed by atoms with E-state index in [0.717, 1.165) is 23.8 Å². The number of amides is 1. The average molecular weight is 661 g/mol. The SMILES string of the molecule is Cc1ccc2c(NS(=O)(=O)CC(C)(C)C)cccc2c1Oc1ncccc1-c1ccnc(NC2CCCN(C(=O)O)C2C(C)(C)C)n1. The molecule has 1 fully saturated rings. The fraction of sp³-hybridized carbons (Fsp3) is 0.429. The van der Waals surface area contributed by atoms with Crippen LogP contribution in [-0.4, -0.2) is 63.9 Å². The van der Waals surface area contributed by atoms with Gasteiger partial charge in [-0.2, -0.15) is 0 Å². The third-order valence-corrected chi connectivity index (χ3v) is 9.85. The van der Waals surface area contributed by atoms with E-state index in [9.17, 15) is 18.3 Å². The summed E-state index contributed by atoms with van der Waals surface area (Å²) in [4.78, 5) is 27.4. The maximum absolute atomic E-state index is 13.0. The predicted molar refractivity (Wildman–Crippen MR) is 186 cm³/mol. The molecule has 11 nitrogen and oxygen atoms in total. The number of nitrogens with zero attached hydrogens (tertiary/aromatic N) is 4. The molecule has 2 aromatic heterocycles. The minimum absolute atomic E-state index is 0.0197. The lowest BCUT2D eigenvalue weighted by Gasteiger charge is -2.46. The highest BCUT2D eigenvalue weighted by Gasteiger charge is 2.42. The smallest absolute Gasteiger partial charge is 0.407 e. The number of anilines is 2. The summed E-state index contributed by atoms with van der Waals surface area (Å²) in [7, 11) is -3.60. The molecule has 2 atom stereocenters. The van der Waals surface area contributed by atoms with Gasteiger partial charge in [0.2, 0.25) is 21.9 Å². The molecule has 2 unspecified atom stereocenters. The second-order valence-electron chi connectivity index (χ2n) is 14.4. The molecule has 0 saturated carbocycles. The quantitative estimate of drug-likeness (QED) is 0.174. The number of ether oxygens (including phenoxy) is 1. The molecule has 0 aliphatic carbocycles. The molecule has 2 aromatic carbocycles. The van der Waals surface area contributed by atoms with Gasteiger partial charge in [-0.25, -0.2) is 28.2 Å². The van der Waals surface area contributed by atoms with Gasteiger partial charge in [0.25, 0.3) is 0 Å². The summed E-state index contributed by atoms with van der Waals surface area (Å²) < 4.78 is 35.2. The van der Waals surface area contributed by atoms with Crippen LogP contribution < -0.4 is 14.8 Å². The molecular formula is C35H44N6O5S. The van der Waals surface area contributed by atoms with Crippen molar-refractivity contribution in [2.24, 2.45) is 10.8 Å². The molecule has 1 saturated heterocycles. The van der Waals surface area contributed by atoms with Crippen LogP contribution in [0.1, 0.15) is 59.9 Å². The minimum atomic E-state index is -3.60. The zero-order chi connectivity index (χ0) is 34.1. The second kappa shape index (κ2) is 13.0. The lowest BCUT2D eigenvalue weighted by atomic mass is 9.77. The third kappa shape index (κ3) is 7.93. The lowest BCUT2D eigenvalue weighted by Crippen LogP contribution is -2.58. The summed E-state index contributed by atoms with van der Waals surface area (Å²) in [6.45, 7) is 14.2. The number of benzene rings is 2. The fourth-order valence-electron chi connectivity index (χ4n) is 6.38. The maximum atomic E-state index is 13.0. The van der Waals surface area contributed by atoms with Crippen molar-refractivity contribution in [2.45, 2.75) is 73.4 Å². The van der Waals surface area contributed by atoms with E-state index in [0.29, 0.717) is 46.5 Å². The summed E-state index contributed by atoms with van der Waals surface area (Å²) >= 11 is 0. The largest absolute Gasteiger partial charge is 0.465 e. The Morgan fingerprint density at radius 2 is 1.77 bits per heavy atom. The topological polar surface area (TPSA) is 147 Å². The molecule has 12 heteroatoms. The van der Waals surface area contributed by atoms with Gasteiger partial charge in [-0.05, 0) is 60.4 Å². The standard InChI is InChI=1S/C35H44N6O5S/c1-22-15-16-23-24(11-8-13-27(23)40-47(44,45)21-34(2,3)4)29(22)46-31-25(12-9-18-36-31)26-17-19-37-32(38-26)39-28-14-10-20-41(33(42)43)30(28)35(5,6)7/h8-9,11-13,15-19,28,30,40H,10,14,20-21H2,1-7H3,(H,42,43)(H,37,38,39). The zero-order valence-electron chi connectivity index (χ0n) is 28.0. The van der Waals surface area contributed by atoms with E-state index in [1.54, 1.807) is 36.7 Å². The Balaban J connectivity index is 1.47. The molecule has 4 aromatic rings. The van der Waals surface area contributed by atoms with Crippen molar-refractivity contribution in [1.82, 2.24) is 19.9 Å². The van der Waals surface area contributed by atoms with Gasteiger partial charge in [0, 0.05) is 29.7 Å². The number of carbonyl (C=O) groups is 1. The van der Waals surface area contributed by atoms with Crippen LogP contribution in [0.5, 0.6) is 11.6 Å². The van der Waals surface area contributed by atoms with E-state index in [2.05, 4.69) is 20.0 Å². The van der Waals surface area contributed by atoms with Gasteiger partial charge in [0.1, 0.15) is 5.75 Å². The number of likely N-dealkylation sites (tertiary alicyclic amines) is 1. The molecule has 47 heavy (non-hydrogen) atoms. The van der Waals surface area contributed by atoms with Crippen molar-refractivity contribution < 1.29 is 23.1 Å². The van der Waals surface area contributed by atoms with Crippen LogP contribution in [0.2, 0.25) is 0 Å². The highest BCUT2D eigenvalue weighted by atomic mass is 32.2. The van der Waals surface area contributed by atoms with Crippen LogP contribution in [0.25, 0.3) is 22.0 Å². The molecule has 3 N–H and O–H groups in total. The Kier molecular flexibility index (Phi) is 9.36. The lowest BCUT2D eigenvalue weighted by molar-refractivity contribution is 0.0517. The van der Waals surface area contributed by atoms with E-state index >= 15 is 0 Å². The number of hydrogen-bond acceptors (Lipinski definition) is 8. The number of pyridine rings is 1. The number of hydrogen-bond donors (Lipinski definition) is 3.